The summed E-state index contributed by atoms with van der Waals surface area (Å²) < 4.78 is 39.3. The number of methoxy groups -OCH3 is 1. The van der Waals surface area contributed by atoms with E-state index in [1.165, 1.54) is 54.1 Å². The molecule has 0 saturated heterocycles. The van der Waals surface area contributed by atoms with Crippen molar-refractivity contribution in [1.29, 1.82) is 0 Å². The summed E-state index contributed by atoms with van der Waals surface area (Å²) in [7, 11) is -0.865. The van der Waals surface area contributed by atoms with Gasteiger partial charge in [-0.1, -0.05) is 11.3 Å². The number of hydrogen-bond acceptors (Lipinski definition) is 7. The van der Waals surface area contributed by atoms with Gasteiger partial charge in [-0.2, -0.15) is 9.30 Å². The van der Waals surface area contributed by atoms with Gasteiger partial charge in [0.25, 0.3) is 5.91 Å². The Hall–Kier alpha value is -3.02. The van der Waals surface area contributed by atoms with Crippen molar-refractivity contribution >= 4 is 43.5 Å². The summed E-state index contributed by atoms with van der Waals surface area (Å²) >= 11 is 1.24. The molecule has 1 amide bonds. The van der Waals surface area contributed by atoms with Crippen molar-refractivity contribution in [3.8, 4) is 5.75 Å². The molecule has 0 spiro atoms. The minimum atomic E-state index is -3.66. The highest BCUT2D eigenvalue weighted by Gasteiger charge is 2.23. The molecular formula is C23H27N3O6S2. The second kappa shape index (κ2) is 10.5. The van der Waals surface area contributed by atoms with E-state index in [1.807, 2.05) is 13.0 Å². The number of nitrogens with zero attached hydrogens (tertiary/aromatic N) is 3. The standard InChI is InChI=1S/C23H27N3O6S2/c1-6-32-17-9-12-19-20(13-17)33-23(26(19)14-21(27)31-5)24-22(28)16-7-10-18(11-8-16)34(29,30)25(4)15(2)3/h7-13,15H,6,14H2,1-5H3. The molecule has 0 radical (unpaired) electrons. The van der Waals surface area contributed by atoms with Crippen molar-refractivity contribution in [3.63, 3.8) is 0 Å². The summed E-state index contributed by atoms with van der Waals surface area (Å²) in [4.78, 5) is 29.5. The van der Waals surface area contributed by atoms with Gasteiger partial charge in [-0.05, 0) is 63.2 Å². The minimum absolute atomic E-state index is 0.0892. The Morgan fingerprint density at radius 1 is 1.15 bits per heavy atom. The molecule has 0 bridgehead atoms. The lowest BCUT2D eigenvalue weighted by atomic mass is 10.2. The highest BCUT2D eigenvalue weighted by atomic mass is 32.2. The Morgan fingerprint density at radius 2 is 1.82 bits per heavy atom. The topological polar surface area (TPSA) is 107 Å². The average molecular weight is 506 g/mol. The van der Waals surface area contributed by atoms with Crippen molar-refractivity contribution in [2.75, 3.05) is 20.8 Å². The van der Waals surface area contributed by atoms with Gasteiger partial charge in [0.2, 0.25) is 10.0 Å². The number of benzene rings is 2. The molecule has 0 fully saturated rings. The number of fused-ring (bicyclic) bond motifs is 1. The van der Waals surface area contributed by atoms with E-state index in [-0.39, 0.29) is 23.0 Å². The lowest BCUT2D eigenvalue weighted by Gasteiger charge is -2.20. The van der Waals surface area contributed by atoms with Gasteiger partial charge in [0.15, 0.2) is 4.80 Å². The number of rotatable bonds is 8. The maximum Gasteiger partial charge on any atom is 0.325 e. The number of carbonyl (C=O) groups is 2. The Kier molecular flexibility index (Phi) is 7.90. The number of carbonyl (C=O) groups excluding carboxylic acids is 2. The van der Waals surface area contributed by atoms with E-state index in [0.717, 1.165) is 4.70 Å². The first-order chi connectivity index (χ1) is 16.1. The second-order valence-corrected chi connectivity index (χ2v) is 10.7. The minimum Gasteiger partial charge on any atom is -0.494 e. The number of esters is 1. The van der Waals surface area contributed by atoms with Gasteiger partial charge in [0.05, 0.1) is 28.8 Å². The molecule has 0 atom stereocenters. The smallest absolute Gasteiger partial charge is 0.325 e. The van der Waals surface area contributed by atoms with Crippen LogP contribution in [0.5, 0.6) is 5.75 Å². The van der Waals surface area contributed by atoms with Crippen LogP contribution >= 0.6 is 11.3 Å². The predicted molar refractivity (Wildman–Crippen MR) is 129 cm³/mol. The van der Waals surface area contributed by atoms with Crippen LogP contribution in [0.15, 0.2) is 52.4 Å². The zero-order valence-electron chi connectivity index (χ0n) is 19.6. The molecule has 9 nitrogen and oxygen atoms in total. The van der Waals surface area contributed by atoms with E-state index < -0.39 is 21.9 Å². The number of ether oxygens (including phenoxy) is 2. The molecule has 0 aliphatic rings. The van der Waals surface area contributed by atoms with Gasteiger partial charge in [-0.15, -0.1) is 0 Å². The number of sulfonamides is 1. The van der Waals surface area contributed by atoms with Crippen LogP contribution in [-0.2, 0) is 26.1 Å². The van der Waals surface area contributed by atoms with Crippen LogP contribution in [0.4, 0.5) is 0 Å². The summed E-state index contributed by atoms with van der Waals surface area (Å²) in [5.74, 6) is -0.370. The summed E-state index contributed by atoms with van der Waals surface area (Å²) in [6.45, 7) is 5.83. The molecule has 182 valence electrons. The maximum atomic E-state index is 12.9. The molecular weight excluding hydrogens is 478 g/mol. The van der Waals surface area contributed by atoms with Crippen molar-refractivity contribution in [3.05, 3.63) is 52.8 Å². The summed E-state index contributed by atoms with van der Waals surface area (Å²) in [5.41, 5.74) is 0.937. The van der Waals surface area contributed by atoms with Crippen molar-refractivity contribution in [2.24, 2.45) is 4.99 Å². The van der Waals surface area contributed by atoms with Crippen LogP contribution in [-0.4, -0.2) is 56.0 Å². The number of thiazole rings is 1. The third-order valence-corrected chi connectivity index (χ3v) is 8.27. The van der Waals surface area contributed by atoms with Gasteiger partial charge >= 0.3 is 5.97 Å². The van der Waals surface area contributed by atoms with E-state index in [1.54, 1.807) is 30.5 Å². The summed E-state index contributed by atoms with van der Waals surface area (Å²) in [5, 5.41) is 0. The number of hydrogen-bond donors (Lipinski definition) is 0. The lowest BCUT2D eigenvalue weighted by Crippen LogP contribution is -2.33. The van der Waals surface area contributed by atoms with Crippen molar-refractivity contribution in [2.45, 2.75) is 38.3 Å². The SMILES string of the molecule is CCOc1ccc2c(c1)sc(=NC(=O)c1ccc(S(=O)(=O)N(C)C(C)C)cc1)n2CC(=O)OC. The van der Waals surface area contributed by atoms with Crippen LogP contribution in [0, 0.1) is 0 Å². The summed E-state index contributed by atoms with van der Waals surface area (Å²) in [6, 6.07) is 10.8. The van der Waals surface area contributed by atoms with Crippen LogP contribution in [0.1, 0.15) is 31.1 Å². The average Bonchev–Trinajstić information content (AvgIpc) is 3.14. The monoisotopic (exact) mass is 505 g/mol. The first kappa shape index (κ1) is 25.6. The maximum absolute atomic E-state index is 12.9. The largest absolute Gasteiger partial charge is 0.494 e. The normalized spacial score (nSPS) is 12.5. The van der Waals surface area contributed by atoms with Crippen LogP contribution < -0.4 is 9.54 Å². The quantitative estimate of drug-likeness (QED) is 0.436. The Labute approximate surface area is 202 Å². The number of aromatic nitrogens is 1. The molecule has 1 heterocycles. The summed E-state index contributed by atoms with van der Waals surface area (Å²) in [6.07, 6.45) is 0. The molecule has 2 aromatic carbocycles. The third-order valence-electron chi connectivity index (χ3n) is 5.18. The van der Waals surface area contributed by atoms with Gasteiger partial charge in [-0.25, -0.2) is 8.42 Å². The van der Waals surface area contributed by atoms with Crippen molar-refractivity contribution in [1.82, 2.24) is 8.87 Å². The first-order valence-electron chi connectivity index (χ1n) is 10.6. The van der Waals surface area contributed by atoms with Gasteiger partial charge in [-0.3, -0.25) is 9.59 Å². The molecule has 34 heavy (non-hydrogen) atoms. The van der Waals surface area contributed by atoms with Gasteiger partial charge in [0, 0.05) is 18.7 Å². The fraction of sp³-hybridized carbons (Fsp3) is 0.348. The Morgan fingerprint density at radius 3 is 2.41 bits per heavy atom. The molecule has 3 rings (SSSR count). The zero-order chi connectivity index (χ0) is 25.0. The lowest BCUT2D eigenvalue weighted by molar-refractivity contribution is -0.141. The highest BCUT2D eigenvalue weighted by Crippen LogP contribution is 2.24. The van der Waals surface area contributed by atoms with Crippen LogP contribution in [0.25, 0.3) is 10.2 Å². The van der Waals surface area contributed by atoms with Crippen LogP contribution in [0.2, 0.25) is 0 Å². The molecule has 11 heteroatoms. The van der Waals surface area contributed by atoms with E-state index in [4.69, 9.17) is 9.47 Å². The number of amides is 1. The molecule has 0 unspecified atom stereocenters. The fourth-order valence-corrected chi connectivity index (χ4v) is 5.53. The van der Waals surface area contributed by atoms with Crippen LogP contribution in [0.3, 0.4) is 0 Å². The fourth-order valence-electron chi connectivity index (χ4n) is 3.11. The zero-order valence-corrected chi connectivity index (χ0v) is 21.3. The molecule has 0 aliphatic carbocycles. The third kappa shape index (κ3) is 5.37. The highest BCUT2D eigenvalue weighted by molar-refractivity contribution is 7.89. The molecule has 1 aromatic heterocycles. The van der Waals surface area contributed by atoms with E-state index >= 15 is 0 Å². The van der Waals surface area contributed by atoms with E-state index in [0.29, 0.717) is 22.7 Å². The molecule has 3 aromatic rings. The first-order valence-corrected chi connectivity index (χ1v) is 12.8. The van der Waals surface area contributed by atoms with E-state index in [9.17, 15) is 18.0 Å². The molecule has 0 N–H and O–H groups in total. The van der Waals surface area contributed by atoms with E-state index in [2.05, 4.69) is 4.99 Å². The molecule has 0 aliphatic heterocycles. The Balaban J connectivity index is 2.01. The predicted octanol–water partition coefficient (Wildman–Crippen LogP) is 3.04. The van der Waals surface area contributed by atoms with Gasteiger partial charge in [0.1, 0.15) is 12.3 Å². The molecule has 0 saturated carbocycles. The second-order valence-electron chi connectivity index (χ2n) is 7.67. The van der Waals surface area contributed by atoms with Crippen molar-refractivity contribution < 1.29 is 27.5 Å². The van der Waals surface area contributed by atoms with Gasteiger partial charge < -0.3 is 14.0 Å². The Bertz CT molecular complexity index is 1370.